The number of fused-ring (bicyclic) bond motifs is 1. The topological polar surface area (TPSA) is 82.9 Å². The molecule has 1 aliphatic heterocycles. The summed E-state index contributed by atoms with van der Waals surface area (Å²) in [5, 5.41) is 16.5. The molecule has 0 aliphatic carbocycles. The number of hydrazone groups is 1. The Kier molecular flexibility index (Phi) is 6.34. The SMILES string of the molecule is Cc1cccc([C@@H]2CC(c3c(C)nc4ccccc4c3-c3ccccc3)=NN2C(=O)CCC(=O)O)c1. The van der Waals surface area contributed by atoms with Crippen molar-refractivity contribution in [3.05, 3.63) is 101 Å². The predicted molar refractivity (Wildman–Crippen MR) is 141 cm³/mol. The van der Waals surface area contributed by atoms with E-state index in [1.165, 1.54) is 5.01 Å². The first-order valence-corrected chi connectivity index (χ1v) is 12.1. The van der Waals surface area contributed by atoms with Gasteiger partial charge in [0.2, 0.25) is 5.91 Å². The number of para-hydroxylation sites is 1. The molecule has 36 heavy (non-hydrogen) atoms. The Bertz CT molecular complexity index is 1490. The first kappa shape index (κ1) is 23.4. The van der Waals surface area contributed by atoms with Crippen LogP contribution >= 0.6 is 0 Å². The maximum atomic E-state index is 13.2. The van der Waals surface area contributed by atoms with Crippen LogP contribution in [0.25, 0.3) is 22.0 Å². The van der Waals surface area contributed by atoms with Crippen molar-refractivity contribution >= 4 is 28.5 Å². The lowest BCUT2D eigenvalue weighted by Crippen LogP contribution is -2.27. The minimum atomic E-state index is -1.00. The van der Waals surface area contributed by atoms with Crippen LogP contribution in [0.1, 0.15) is 47.7 Å². The summed E-state index contributed by atoms with van der Waals surface area (Å²) in [6, 6.07) is 26.0. The van der Waals surface area contributed by atoms with E-state index in [0.717, 1.165) is 50.1 Å². The Morgan fingerprint density at radius 2 is 1.67 bits per heavy atom. The van der Waals surface area contributed by atoms with Crippen LogP contribution in [0.4, 0.5) is 0 Å². The summed E-state index contributed by atoms with van der Waals surface area (Å²) in [4.78, 5) is 29.2. The van der Waals surface area contributed by atoms with Gasteiger partial charge >= 0.3 is 5.97 Å². The van der Waals surface area contributed by atoms with Crippen molar-refractivity contribution < 1.29 is 14.7 Å². The fourth-order valence-electron chi connectivity index (χ4n) is 4.95. The Labute approximate surface area is 209 Å². The van der Waals surface area contributed by atoms with Gasteiger partial charge in [0.05, 0.1) is 23.7 Å². The molecule has 0 spiro atoms. The lowest BCUT2D eigenvalue weighted by atomic mass is 9.89. The summed E-state index contributed by atoms with van der Waals surface area (Å²) >= 11 is 0. The van der Waals surface area contributed by atoms with Crippen molar-refractivity contribution in [2.45, 2.75) is 39.2 Å². The lowest BCUT2D eigenvalue weighted by Gasteiger charge is -2.22. The number of amides is 1. The monoisotopic (exact) mass is 477 g/mol. The third kappa shape index (κ3) is 4.50. The quantitative estimate of drug-likeness (QED) is 0.366. The largest absolute Gasteiger partial charge is 0.481 e. The molecule has 0 bridgehead atoms. The van der Waals surface area contributed by atoms with Gasteiger partial charge in [-0.2, -0.15) is 5.10 Å². The van der Waals surface area contributed by atoms with E-state index >= 15 is 0 Å². The standard InChI is InChI=1S/C30H27N3O3/c1-19-9-8-12-22(17-19)26-18-25(32-33(26)27(34)15-16-28(35)36)29-20(2)31-24-14-7-6-13-23(24)30(29)21-10-4-3-5-11-21/h3-14,17,26H,15-16,18H2,1-2H3,(H,35,36)/t26-/m0/s1. The molecule has 0 radical (unpaired) electrons. The molecular weight excluding hydrogens is 450 g/mol. The number of carboxylic acids is 1. The number of hydrogen-bond acceptors (Lipinski definition) is 4. The first-order valence-electron chi connectivity index (χ1n) is 12.1. The molecule has 0 saturated carbocycles. The van der Waals surface area contributed by atoms with Crippen LogP contribution in [0.3, 0.4) is 0 Å². The van der Waals surface area contributed by atoms with Gasteiger partial charge in [-0.3, -0.25) is 14.6 Å². The van der Waals surface area contributed by atoms with Crippen LogP contribution in [-0.4, -0.2) is 32.7 Å². The average Bonchev–Trinajstić information content (AvgIpc) is 3.32. The Hall–Kier alpha value is -4.32. The molecular formula is C30H27N3O3. The minimum Gasteiger partial charge on any atom is -0.481 e. The van der Waals surface area contributed by atoms with Gasteiger partial charge in [0.1, 0.15) is 0 Å². The predicted octanol–water partition coefficient (Wildman–Crippen LogP) is 6.06. The van der Waals surface area contributed by atoms with Crippen molar-refractivity contribution in [1.82, 2.24) is 9.99 Å². The fourth-order valence-corrected chi connectivity index (χ4v) is 4.95. The zero-order valence-electron chi connectivity index (χ0n) is 20.3. The van der Waals surface area contributed by atoms with E-state index in [9.17, 15) is 9.59 Å². The summed E-state index contributed by atoms with van der Waals surface area (Å²) in [5.41, 5.74) is 7.61. The summed E-state index contributed by atoms with van der Waals surface area (Å²) < 4.78 is 0. The molecule has 1 amide bonds. The molecule has 180 valence electrons. The normalized spacial score (nSPS) is 15.2. The maximum absolute atomic E-state index is 13.2. The molecule has 1 aliphatic rings. The molecule has 5 rings (SSSR count). The van der Waals surface area contributed by atoms with Gasteiger partial charge in [-0.05, 0) is 31.0 Å². The molecule has 4 aromatic rings. The van der Waals surface area contributed by atoms with Crippen LogP contribution < -0.4 is 0 Å². The van der Waals surface area contributed by atoms with Crippen LogP contribution in [0.2, 0.25) is 0 Å². The third-order valence-corrected chi connectivity index (χ3v) is 6.57. The lowest BCUT2D eigenvalue weighted by molar-refractivity contribution is -0.141. The zero-order chi connectivity index (χ0) is 25.2. The number of aliphatic carboxylic acids is 1. The molecule has 6 nitrogen and oxygen atoms in total. The van der Waals surface area contributed by atoms with Crippen LogP contribution in [0.5, 0.6) is 0 Å². The molecule has 1 aromatic heterocycles. The van der Waals surface area contributed by atoms with Gasteiger partial charge in [-0.15, -0.1) is 0 Å². The molecule has 1 atom stereocenters. The van der Waals surface area contributed by atoms with Crippen molar-refractivity contribution in [3.63, 3.8) is 0 Å². The van der Waals surface area contributed by atoms with Gasteiger partial charge in [0.25, 0.3) is 0 Å². The van der Waals surface area contributed by atoms with Gasteiger partial charge in [-0.1, -0.05) is 78.4 Å². The highest BCUT2D eigenvalue weighted by atomic mass is 16.4. The molecule has 3 aromatic carbocycles. The Morgan fingerprint density at radius 3 is 2.42 bits per heavy atom. The number of carbonyl (C=O) groups is 2. The number of benzene rings is 3. The van der Waals surface area contributed by atoms with Crippen molar-refractivity contribution in [2.24, 2.45) is 5.10 Å². The second-order valence-electron chi connectivity index (χ2n) is 9.14. The molecule has 0 saturated heterocycles. The summed E-state index contributed by atoms with van der Waals surface area (Å²) in [7, 11) is 0. The first-order chi connectivity index (χ1) is 17.4. The summed E-state index contributed by atoms with van der Waals surface area (Å²) in [5.74, 6) is -1.30. The molecule has 0 fully saturated rings. The van der Waals surface area contributed by atoms with Gasteiger partial charge in [0.15, 0.2) is 0 Å². The average molecular weight is 478 g/mol. The van der Waals surface area contributed by atoms with Crippen LogP contribution in [0, 0.1) is 13.8 Å². The Balaban J connectivity index is 1.68. The van der Waals surface area contributed by atoms with E-state index in [2.05, 4.69) is 24.3 Å². The number of aryl methyl sites for hydroxylation is 2. The number of nitrogens with zero attached hydrogens (tertiary/aromatic N) is 3. The van der Waals surface area contributed by atoms with E-state index in [0.29, 0.717) is 6.42 Å². The highest BCUT2D eigenvalue weighted by Crippen LogP contribution is 2.39. The van der Waals surface area contributed by atoms with E-state index in [-0.39, 0.29) is 24.8 Å². The van der Waals surface area contributed by atoms with Gasteiger partial charge in [0, 0.05) is 35.0 Å². The Morgan fingerprint density at radius 1 is 0.917 bits per heavy atom. The molecule has 1 N–H and O–H groups in total. The third-order valence-electron chi connectivity index (χ3n) is 6.57. The van der Waals surface area contributed by atoms with Crippen LogP contribution in [-0.2, 0) is 9.59 Å². The van der Waals surface area contributed by atoms with Crippen LogP contribution in [0.15, 0.2) is 84.0 Å². The van der Waals surface area contributed by atoms with Gasteiger partial charge < -0.3 is 5.11 Å². The van der Waals surface area contributed by atoms with Crippen molar-refractivity contribution in [2.75, 3.05) is 0 Å². The van der Waals surface area contributed by atoms with E-state index in [4.69, 9.17) is 15.2 Å². The van der Waals surface area contributed by atoms with E-state index < -0.39 is 5.97 Å². The number of aromatic nitrogens is 1. The van der Waals surface area contributed by atoms with E-state index in [1.54, 1.807) is 0 Å². The zero-order valence-corrected chi connectivity index (χ0v) is 20.3. The fraction of sp³-hybridized carbons (Fsp3) is 0.200. The number of rotatable bonds is 6. The number of carboxylic acid groups (broad SMARTS) is 1. The molecule has 0 unspecified atom stereocenters. The second kappa shape index (κ2) is 9.74. The number of hydrogen-bond donors (Lipinski definition) is 1. The number of pyridine rings is 1. The molecule has 6 heteroatoms. The minimum absolute atomic E-state index is 0.102. The summed E-state index contributed by atoms with van der Waals surface area (Å²) in [6.45, 7) is 4.00. The maximum Gasteiger partial charge on any atom is 0.303 e. The van der Waals surface area contributed by atoms with E-state index in [1.807, 2.05) is 68.4 Å². The molecule has 2 heterocycles. The second-order valence-corrected chi connectivity index (χ2v) is 9.14. The van der Waals surface area contributed by atoms with Crippen molar-refractivity contribution in [1.29, 1.82) is 0 Å². The summed E-state index contributed by atoms with van der Waals surface area (Å²) in [6.07, 6.45) is 0.185. The number of carbonyl (C=O) groups excluding carboxylic acids is 1. The van der Waals surface area contributed by atoms with Crippen molar-refractivity contribution in [3.8, 4) is 11.1 Å². The smallest absolute Gasteiger partial charge is 0.303 e. The highest BCUT2D eigenvalue weighted by molar-refractivity contribution is 6.14. The van der Waals surface area contributed by atoms with Gasteiger partial charge in [-0.25, -0.2) is 5.01 Å². The highest BCUT2D eigenvalue weighted by Gasteiger charge is 2.35.